The molecule has 1 N–H and O–H groups in total. The summed E-state index contributed by atoms with van der Waals surface area (Å²) in [5.74, 6) is -0.107. The van der Waals surface area contributed by atoms with Crippen molar-refractivity contribution in [2.45, 2.75) is 52.6 Å². The zero-order valence-electron chi connectivity index (χ0n) is 9.50. The van der Waals surface area contributed by atoms with Gasteiger partial charge in [0, 0.05) is 5.54 Å². The third-order valence-electron chi connectivity index (χ3n) is 2.10. The van der Waals surface area contributed by atoms with Crippen LogP contribution in [0.5, 0.6) is 0 Å². The Balaban J connectivity index is 4.99. The molecule has 0 unspecified atom stereocenters. The van der Waals surface area contributed by atoms with Crippen LogP contribution in [0.25, 0.3) is 0 Å². The van der Waals surface area contributed by atoms with Crippen molar-refractivity contribution >= 4 is 11.9 Å². The van der Waals surface area contributed by atoms with Gasteiger partial charge in [0.2, 0.25) is 0 Å². The monoisotopic (exact) mass is 201 g/mol. The predicted molar refractivity (Wildman–Crippen MR) is 54.4 cm³/mol. The number of nitrogens with zero attached hydrogens (tertiary/aromatic N) is 1. The molecule has 0 fully saturated rings. The Bertz CT molecular complexity index is 230. The van der Waals surface area contributed by atoms with E-state index in [1.165, 1.54) is 11.8 Å². The highest BCUT2D eigenvalue weighted by molar-refractivity contribution is 5.85. The molecule has 0 spiro atoms. The van der Waals surface area contributed by atoms with Crippen molar-refractivity contribution in [3.05, 3.63) is 0 Å². The summed E-state index contributed by atoms with van der Waals surface area (Å²) in [4.78, 5) is 23.5. The Kier molecular flexibility index (Phi) is 4.10. The molecule has 0 aromatic rings. The number of carboxylic acid groups (broad SMARTS) is 1. The number of rotatable bonds is 3. The van der Waals surface area contributed by atoms with Gasteiger partial charge in [-0.15, -0.1) is 0 Å². The number of amides is 1. The second kappa shape index (κ2) is 4.44. The van der Waals surface area contributed by atoms with Crippen LogP contribution >= 0.6 is 0 Å². The first-order chi connectivity index (χ1) is 6.21. The lowest BCUT2D eigenvalue weighted by atomic mass is 10.00. The summed E-state index contributed by atoms with van der Waals surface area (Å²) in [5.41, 5.74) is -0.543. The first kappa shape index (κ1) is 12.9. The second-order valence-electron chi connectivity index (χ2n) is 4.36. The fraction of sp³-hybridized carbons (Fsp3) is 0.800. The Labute approximate surface area is 84.9 Å². The summed E-state index contributed by atoms with van der Waals surface area (Å²) < 4.78 is 0. The zero-order valence-corrected chi connectivity index (χ0v) is 9.50. The number of carbonyl (C=O) groups excluding carboxylic acids is 1. The minimum absolute atomic E-state index is 0.107. The highest BCUT2D eigenvalue weighted by atomic mass is 16.4. The molecule has 0 aliphatic heterocycles. The largest absolute Gasteiger partial charge is 0.465 e. The SMILES string of the molecule is CC[C@@H](C(C)=O)N(C(=O)O)C(C)(C)C. The molecule has 0 aromatic heterocycles. The Hall–Kier alpha value is -1.06. The maximum absolute atomic E-state index is 11.3. The van der Waals surface area contributed by atoms with Gasteiger partial charge in [0.05, 0.1) is 6.04 Å². The molecule has 0 aromatic carbocycles. The van der Waals surface area contributed by atoms with Gasteiger partial charge in [-0.1, -0.05) is 6.92 Å². The Morgan fingerprint density at radius 1 is 1.36 bits per heavy atom. The molecule has 0 aliphatic carbocycles. The van der Waals surface area contributed by atoms with Crippen LogP contribution in [0, 0.1) is 0 Å². The minimum atomic E-state index is -1.04. The van der Waals surface area contributed by atoms with E-state index < -0.39 is 17.7 Å². The molecule has 1 amide bonds. The van der Waals surface area contributed by atoms with Gasteiger partial charge in [0.1, 0.15) is 0 Å². The predicted octanol–water partition coefficient (Wildman–Crippen LogP) is 2.13. The van der Waals surface area contributed by atoms with E-state index >= 15 is 0 Å². The van der Waals surface area contributed by atoms with Crippen LogP contribution in [0.2, 0.25) is 0 Å². The number of ketones is 1. The van der Waals surface area contributed by atoms with Crippen LogP contribution in [0.1, 0.15) is 41.0 Å². The number of Topliss-reactive ketones (excluding diaryl/α,β-unsaturated/α-hetero) is 1. The summed E-state index contributed by atoms with van der Waals surface area (Å²) in [6, 6.07) is -0.535. The Morgan fingerprint density at radius 2 is 1.79 bits per heavy atom. The highest BCUT2D eigenvalue weighted by Crippen LogP contribution is 2.19. The second-order valence-corrected chi connectivity index (χ2v) is 4.36. The molecule has 0 bridgehead atoms. The van der Waals surface area contributed by atoms with Crippen molar-refractivity contribution in [3.63, 3.8) is 0 Å². The van der Waals surface area contributed by atoms with Crippen LogP contribution in [0.4, 0.5) is 4.79 Å². The van der Waals surface area contributed by atoms with Crippen molar-refractivity contribution in [1.29, 1.82) is 0 Å². The van der Waals surface area contributed by atoms with Crippen LogP contribution in [0.15, 0.2) is 0 Å². The number of hydrogen-bond donors (Lipinski definition) is 1. The average molecular weight is 201 g/mol. The lowest BCUT2D eigenvalue weighted by Crippen LogP contribution is -2.53. The Morgan fingerprint density at radius 3 is 1.86 bits per heavy atom. The summed E-state index contributed by atoms with van der Waals surface area (Å²) in [6.07, 6.45) is -0.529. The fourth-order valence-electron chi connectivity index (χ4n) is 1.54. The minimum Gasteiger partial charge on any atom is -0.465 e. The normalized spacial score (nSPS) is 13.5. The molecule has 4 heteroatoms. The molecule has 0 heterocycles. The zero-order chi connectivity index (χ0) is 11.5. The standard InChI is InChI=1S/C10H19NO3/c1-6-8(7(2)12)11(9(13)14)10(3,4)5/h8H,6H2,1-5H3,(H,13,14)/t8-/m0/s1. The van der Waals surface area contributed by atoms with E-state index in [2.05, 4.69) is 0 Å². The van der Waals surface area contributed by atoms with E-state index in [9.17, 15) is 9.59 Å². The summed E-state index contributed by atoms with van der Waals surface area (Å²) >= 11 is 0. The van der Waals surface area contributed by atoms with Crippen molar-refractivity contribution in [2.75, 3.05) is 0 Å². The van der Waals surface area contributed by atoms with Gasteiger partial charge >= 0.3 is 6.09 Å². The van der Waals surface area contributed by atoms with E-state index in [0.29, 0.717) is 6.42 Å². The highest BCUT2D eigenvalue weighted by Gasteiger charge is 2.34. The van der Waals surface area contributed by atoms with E-state index in [1.807, 2.05) is 6.92 Å². The fourth-order valence-corrected chi connectivity index (χ4v) is 1.54. The molecule has 0 rings (SSSR count). The van der Waals surface area contributed by atoms with Crippen LogP contribution in [0.3, 0.4) is 0 Å². The molecule has 0 saturated carbocycles. The third kappa shape index (κ3) is 3.01. The van der Waals surface area contributed by atoms with Crippen LogP contribution < -0.4 is 0 Å². The lowest BCUT2D eigenvalue weighted by Gasteiger charge is -2.38. The van der Waals surface area contributed by atoms with Gasteiger partial charge < -0.3 is 5.11 Å². The van der Waals surface area contributed by atoms with Crippen molar-refractivity contribution in [3.8, 4) is 0 Å². The van der Waals surface area contributed by atoms with E-state index in [0.717, 1.165) is 0 Å². The summed E-state index contributed by atoms with van der Waals surface area (Å²) in [6.45, 7) is 8.59. The molecule has 14 heavy (non-hydrogen) atoms. The molecular weight excluding hydrogens is 182 g/mol. The first-order valence-corrected chi connectivity index (χ1v) is 4.74. The third-order valence-corrected chi connectivity index (χ3v) is 2.10. The van der Waals surface area contributed by atoms with Gasteiger partial charge in [-0.2, -0.15) is 0 Å². The maximum Gasteiger partial charge on any atom is 0.408 e. The molecule has 4 nitrogen and oxygen atoms in total. The number of carbonyl (C=O) groups is 2. The molecule has 0 radical (unpaired) electrons. The van der Waals surface area contributed by atoms with Crippen molar-refractivity contribution in [1.82, 2.24) is 4.90 Å². The maximum atomic E-state index is 11.3. The van der Waals surface area contributed by atoms with Crippen molar-refractivity contribution in [2.24, 2.45) is 0 Å². The van der Waals surface area contributed by atoms with Gasteiger partial charge in [-0.3, -0.25) is 9.69 Å². The first-order valence-electron chi connectivity index (χ1n) is 4.74. The average Bonchev–Trinajstić information content (AvgIpc) is 1.95. The van der Waals surface area contributed by atoms with E-state index in [1.54, 1.807) is 20.8 Å². The van der Waals surface area contributed by atoms with Gasteiger partial charge in [-0.05, 0) is 34.1 Å². The smallest absolute Gasteiger partial charge is 0.408 e. The quantitative estimate of drug-likeness (QED) is 0.761. The molecule has 1 atom stereocenters. The molecular formula is C10H19NO3. The van der Waals surface area contributed by atoms with Crippen molar-refractivity contribution < 1.29 is 14.7 Å². The van der Waals surface area contributed by atoms with E-state index in [-0.39, 0.29) is 5.78 Å². The summed E-state index contributed by atoms with van der Waals surface area (Å²) in [5, 5.41) is 9.03. The van der Waals surface area contributed by atoms with Crippen LogP contribution in [-0.4, -0.2) is 33.5 Å². The van der Waals surface area contributed by atoms with E-state index in [4.69, 9.17) is 5.11 Å². The molecule has 82 valence electrons. The topological polar surface area (TPSA) is 57.6 Å². The lowest BCUT2D eigenvalue weighted by molar-refractivity contribution is -0.123. The number of hydrogen-bond acceptors (Lipinski definition) is 2. The molecule has 0 saturated heterocycles. The summed E-state index contributed by atoms with van der Waals surface area (Å²) in [7, 11) is 0. The van der Waals surface area contributed by atoms with Crippen LogP contribution in [-0.2, 0) is 4.79 Å². The molecule has 0 aliphatic rings. The van der Waals surface area contributed by atoms with Gasteiger partial charge in [0.15, 0.2) is 5.78 Å². The van der Waals surface area contributed by atoms with Gasteiger partial charge in [0.25, 0.3) is 0 Å². The van der Waals surface area contributed by atoms with Gasteiger partial charge in [-0.25, -0.2) is 4.79 Å².